The van der Waals surface area contributed by atoms with Gasteiger partial charge >= 0.3 is 5.69 Å². The van der Waals surface area contributed by atoms with Crippen molar-refractivity contribution < 1.29 is 4.79 Å². The molecule has 0 unspecified atom stereocenters. The zero-order valence-electron chi connectivity index (χ0n) is 19.5. The molecule has 2 aromatic carbocycles. The van der Waals surface area contributed by atoms with Gasteiger partial charge in [0.05, 0.1) is 5.39 Å². The number of amides is 1. The zero-order valence-corrected chi connectivity index (χ0v) is 21.0. The number of carbonyl (C=O) groups is 1. The fraction of sp³-hybridized carbons (Fsp3) is 0.296. The van der Waals surface area contributed by atoms with E-state index in [0.717, 1.165) is 47.3 Å². The number of nitrogens with one attached hydrogen (secondary N) is 1. The molecule has 35 heavy (non-hydrogen) atoms. The average Bonchev–Trinajstić information content (AvgIpc) is 3.24. The van der Waals surface area contributed by atoms with Gasteiger partial charge in [-0.15, -0.1) is 11.3 Å². The first-order chi connectivity index (χ1) is 16.9. The quantitative estimate of drug-likeness (QED) is 0.401. The van der Waals surface area contributed by atoms with E-state index in [2.05, 4.69) is 5.32 Å². The Morgan fingerprint density at radius 1 is 1.06 bits per heavy atom. The van der Waals surface area contributed by atoms with Gasteiger partial charge in [-0.1, -0.05) is 48.0 Å². The molecule has 180 valence electrons. The molecule has 0 spiro atoms. The molecule has 0 radical (unpaired) electrons. The number of hydrogen-bond acceptors (Lipinski definition) is 4. The van der Waals surface area contributed by atoms with Gasteiger partial charge in [-0.2, -0.15) is 0 Å². The maximum atomic E-state index is 13.6. The van der Waals surface area contributed by atoms with Crippen molar-refractivity contribution in [2.45, 2.75) is 52.1 Å². The fourth-order valence-corrected chi connectivity index (χ4v) is 6.21. The minimum absolute atomic E-state index is 0.175. The smallest absolute Gasteiger partial charge is 0.324 e. The third-order valence-electron chi connectivity index (χ3n) is 6.54. The van der Waals surface area contributed by atoms with E-state index in [9.17, 15) is 14.4 Å². The Morgan fingerprint density at radius 3 is 2.60 bits per heavy atom. The van der Waals surface area contributed by atoms with E-state index >= 15 is 0 Å². The molecule has 1 amide bonds. The Morgan fingerprint density at radius 2 is 1.83 bits per heavy atom. The van der Waals surface area contributed by atoms with E-state index in [-0.39, 0.29) is 24.6 Å². The van der Waals surface area contributed by atoms with Crippen LogP contribution in [0.15, 0.2) is 58.1 Å². The van der Waals surface area contributed by atoms with Crippen LogP contribution < -0.4 is 16.6 Å². The summed E-state index contributed by atoms with van der Waals surface area (Å²) in [7, 11) is 0. The second-order valence-corrected chi connectivity index (χ2v) is 10.5. The van der Waals surface area contributed by atoms with Crippen LogP contribution in [0.25, 0.3) is 10.2 Å². The molecule has 6 nitrogen and oxygen atoms in total. The summed E-state index contributed by atoms with van der Waals surface area (Å²) in [4.78, 5) is 41.8. The van der Waals surface area contributed by atoms with Gasteiger partial charge in [-0.05, 0) is 67.9 Å². The molecule has 0 saturated carbocycles. The first-order valence-corrected chi connectivity index (χ1v) is 13.0. The molecule has 5 rings (SSSR count). The molecule has 2 aromatic heterocycles. The van der Waals surface area contributed by atoms with E-state index in [1.165, 1.54) is 20.5 Å². The van der Waals surface area contributed by atoms with Crippen molar-refractivity contribution in [3.63, 3.8) is 0 Å². The summed E-state index contributed by atoms with van der Waals surface area (Å²) < 4.78 is 2.77. The number of thiophene rings is 1. The lowest BCUT2D eigenvalue weighted by Gasteiger charge is -2.14. The van der Waals surface area contributed by atoms with E-state index in [0.29, 0.717) is 27.3 Å². The van der Waals surface area contributed by atoms with Crippen molar-refractivity contribution in [2.24, 2.45) is 0 Å². The number of benzene rings is 2. The summed E-state index contributed by atoms with van der Waals surface area (Å²) in [6, 6.07) is 15.1. The van der Waals surface area contributed by atoms with E-state index in [1.807, 2.05) is 43.3 Å². The number of anilines is 1. The number of hydrogen-bond donors (Lipinski definition) is 1. The summed E-state index contributed by atoms with van der Waals surface area (Å²) in [5, 5.41) is 4.00. The Labute approximate surface area is 211 Å². The first kappa shape index (κ1) is 23.6. The molecule has 8 heteroatoms. The maximum Gasteiger partial charge on any atom is 0.332 e. The Balaban J connectivity index is 1.55. The highest BCUT2D eigenvalue weighted by Gasteiger charge is 2.24. The third-order valence-corrected chi connectivity index (χ3v) is 8.26. The molecule has 0 atom stereocenters. The van der Waals surface area contributed by atoms with Crippen molar-refractivity contribution in [1.82, 2.24) is 9.13 Å². The van der Waals surface area contributed by atoms with Crippen molar-refractivity contribution in [3.05, 3.63) is 96.0 Å². The average molecular weight is 508 g/mol. The standard InChI is InChI=1S/C27H26ClN3O3S/c1-17-11-12-19(15-21(17)28)29-23(32)16-31-26-24(20-9-5-6-10-22(20)35-26)25(33)30(27(31)34)14-13-18-7-3-2-4-8-18/h2-4,7-8,11-12,15H,5-6,9-10,13-14,16H2,1H3,(H,29,32). The van der Waals surface area contributed by atoms with Gasteiger partial charge < -0.3 is 5.32 Å². The Kier molecular flexibility index (Phi) is 6.62. The summed E-state index contributed by atoms with van der Waals surface area (Å²) in [6.45, 7) is 1.98. The maximum absolute atomic E-state index is 13.6. The monoisotopic (exact) mass is 507 g/mol. The molecule has 1 aliphatic carbocycles. The van der Waals surface area contributed by atoms with Gasteiger partial charge in [0.15, 0.2) is 0 Å². The van der Waals surface area contributed by atoms with Gasteiger partial charge in [-0.3, -0.25) is 18.7 Å². The van der Waals surface area contributed by atoms with Crippen molar-refractivity contribution in [2.75, 3.05) is 5.32 Å². The van der Waals surface area contributed by atoms with E-state index < -0.39 is 5.69 Å². The largest absolute Gasteiger partial charge is 0.332 e. The lowest BCUT2D eigenvalue weighted by Crippen LogP contribution is -2.42. The van der Waals surface area contributed by atoms with Crippen LogP contribution in [0, 0.1) is 6.92 Å². The third kappa shape index (κ3) is 4.70. The number of carbonyl (C=O) groups excluding carboxylic acids is 1. The number of aryl methyl sites for hydroxylation is 4. The molecule has 0 saturated heterocycles. The molecular formula is C27H26ClN3O3S. The van der Waals surface area contributed by atoms with Crippen LogP contribution >= 0.6 is 22.9 Å². The van der Waals surface area contributed by atoms with Gasteiger partial charge in [0.2, 0.25) is 5.91 Å². The zero-order chi connectivity index (χ0) is 24.5. The summed E-state index contributed by atoms with van der Waals surface area (Å²) >= 11 is 7.68. The van der Waals surface area contributed by atoms with Crippen LogP contribution in [0.1, 0.15) is 34.4 Å². The van der Waals surface area contributed by atoms with Gasteiger partial charge in [0.25, 0.3) is 5.56 Å². The SMILES string of the molecule is Cc1ccc(NC(=O)Cn2c(=O)n(CCc3ccccc3)c(=O)c3c4c(sc32)CCCC4)cc1Cl. The molecular weight excluding hydrogens is 482 g/mol. The molecule has 4 aromatic rings. The number of nitrogens with zero attached hydrogens (tertiary/aromatic N) is 2. The first-order valence-electron chi connectivity index (χ1n) is 11.8. The van der Waals surface area contributed by atoms with Gasteiger partial charge in [0.1, 0.15) is 11.4 Å². The van der Waals surface area contributed by atoms with Gasteiger partial charge in [0, 0.05) is 22.1 Å². The number of halogens is 1. The second kappa shape index (κ2) is 9.84. The van der Waals surface area contributed by atoms with Crippen LogP contribution in [0.3, 0.4) is 0 Å². The van der Waals surface area contributed by atoms with E-state index in [1.54, 1.807) is 12.1 Å². The highest BCUT2D eigenvalue weighted by atomic mass is 35.5. The molecule has 1 aliphatic rings. The lowest BCUT2D eigenvalue weighted by molar-refractivity contribution is -0.116. The van der Waals surface area contributed by atoms with Crippen LogP contribution in [0.2, 0.25) is 5.02 Å². The predicted octanol–water partition coefficient (Wildman–Crippen LogP) is 4.95. The topological polar surface area (TPSA) is 73.1 Å². The Hall–Kier alpha value is -3.16. The minimum Gasteiger partial charge on any atom is -0.324 e. The predicted molar refractivity (Wildman–Crippen MR) is 142 cm³/mol. The summed E-state index contributed by atoms with van der Waals surface area (Å²) in [6.07, 6.45) is 4.38. The number of rotatable bonds is 6. The normalized spacial score (nSPS) is 13.1. The molecule has 0 bridgehead atoms. The minimum atomic E-state index is -0.450. The molecule has 0 aliphatic heterocycles. The second-order valence-electron chi connectivity index (χ2n) is 8.96. The molecule has 0 fully saturated rings. The summed E-state index contributed by atoms with van der Waals surface area (Å²) in [5.74, 6) is -0.340. The lowest BCUT2D eigenvalue weighted by atomic mass is 9.97. The number of aromatic nitrogens is 2. The highest BCUT2D eigenvalue weighted by molar-refractivity contribution is 7.18. The van der Waals surface area contributed by atoms with Crippen molar-refractivity contribution >= 4 is 44.7 Å². The number of fused-ring (bicyclic) bond motifs is 3. The van der Waals surface area contributed by atoms with Crippen molar-refractivity contribution in [3.8, 4) is 0 Å². The Bertz CT molecular complexity index is 1540. The molecule has 1 N–H and O–H groups in total. The van der Waals surface area contributed by atoms with Crippen LogP contribution in [-0.2, 0) is 37.1 Å². The van der Waals surface area contributed by atoms with Crippen LogP contribution in [0.4, 0.5) is 5.69 Å². The fourth-order valence-electron chi connectivity index (χ4n) is 4.65. The van der Waals surface area contributed by atoms with Crippen molar-refractivity contribution in [1.29, 1.82) is 0 Å². The van der Waals surface area contributed by atoms with Gasteiger partial charge in [-0.25, -0.2) is 4.79 Å². The molecule has 2 heterocycles. The highest BCUT2D eigenvalue weighted by Crippen LogP contribution is 2.34. The van der Waals surface area contributed by atoms with Crippen LogP contribution in [0.5, 0.6) is 0 Å². The van der Waals surface area contributed by atoms with E-state index in [4.69, 9.17) is 11.6 Å². The van der Waals surface area contributed by atoms with Crippen LogP contribution in [-0.4, -0.2) is 15.0 Å². The summed E-state index contributed by atoms with van der Waals surface area (Å²) in [5.41, 5.74) is 2.88.